The summed E-state index contributed by atoms with van der Waals surface area (Å²) in [4.78, 5) is 0. The van der Waals surface area contributed by atoms with Crippen LogP contribution in [0.25, 0.3) is 0 Å². The van der Waals surface area contributed by atoms with E-state index in [1.165, 1.54) is 0 Å². The fraction of sp³-hybridized carbons (Fsp3) is 0. The van der Waals surface area contributed by atoms with Crippen LogP contribution in [0.5, 0.6) is 0 Å². The molecular weight excluding hydrogens is 388 g/mol. The zero-order valence-electron chi connectivity index (χ0n) is 6.02. The number of hydrogen-bond donors (Lipinski definition) is 0. The van der Waals surface area contributed by atoms with Gasteiger partial charge >= 0.3 is 131 Å². The van der Waals surface area contributed by atoms with Crippen molar-refractivity contribution in [2.75, 3.05) is 0 Å². The molecule has 0 unspecified atom stereocenters. The van der Waals surface area contributed by atoms with E-state index in [1.807, 2.05) is 0 Å². The van der Waals surface area contributed by atoms with Gasteiger partial charge in [-0.05, 0) is 0 Å². The molecule has 0 aromatic carbocycles. The molecule has 0 aromatic heterocycles. The summed E-state index contributed by atoms with van der Waals surface area (Å²) in [6, 6.07) is 0. The minimum absolute atomic E-state index is 0. The van der Waals surface area contributed by atoms with Gasteiger partial charge in [0.05, 0.1) is 0 Å². The molecule has 0 aliphatic heterocycles. The Bertz CT molecular complexity index is 195. The summed E-state index contributed by atoms with van der Waals surface area (Å²) in [5.74, 6) is 0. The third-order valence-corrected chi connectivity index (χ3v) is 0. The Kier molecular flexibility index (Phi) is 23.2. The molecule has 0 rings (SSSR count). The topological polar surface area (TPSA) is 167 Å². The summed E-state index contributed by atoms with van der Waals surface area (Å²) in [5, 5.41) is 0. The molecule has 0 N–H and O–H groups in total. The van der Waals surface area contributed by atoms with Crippen LogP contribution in [0.1, 0.15) is 0 Å². The van der Waals surface area contributed by atoms with Gasteiger partial charge in [0.15, 0.2) is 0 Å². The van der Waals surface area contributed by atoms with Gasteiger partial charge in [-0.3, -0.25) is 13.7 Å². The number of hydrogen-bond acceptors (Lipinski definition) is 8. The average molecular weight is 388 g/mol. The van der Waals surface area contributed by atoms with Gasteiger partial charge < -0.3 is 0 Å². The predicted octanol–water partition coefficient (Wildman–Crippen LogP) is -15.3. The molecule has 0 aromatic rings. The summed E-state index contributed by atoms with van der Waals surface area (Å²) >= 11 is -11.6. The van der Waals surface area contributed by atoms with Crippen LogP contribution in [-0.2, 0) is 24.5 Å². The standard InChI is InChI=1S/IO4.2K.Mn.4O/c2-1(3,4)5;;;;;;;/q-1;2*+1;;;;;-1. The minimum atomic E-state index is -5.94. The van der Waals surface area contributed by atoms with Crippen molar-refractivity contribution < 1.29 is 165 Å². The first-order valence-electron chi connectivity index (χ1n) is 1.23. The molecule has 0 heterocycles. The van der Waals surface area contributed by atoms with Crippen LogP contribution < -0.4 is 141 Å². The number of halogens is 1. The molecule has 8 nitrogen and oxygen atoms in total. The molecule has 0 spiro atoms. The van der Waals surface area contributed by atoms with Gasteiger partial charge in [0.25, 0.3) is 0 Å². The zero-order valence-corrected chi connectivity index (χ0v) is 15.6. The quantitative estimate of drug-likeness (QED) is 0.291. The van der Waals surface area contributed by atoms with Gasteiger partial charge in [0.1, 0.15) is 20.1 Å². The summed E-state index contributed by atoms with van der Waals surface area (Å²) in [6.45, 7) is 0. The zero-order chi connectivity index (χ0) is 9.00. The normalized spacial score (nSPS) is 9.75. The Morgan fingerprint density at radius 3 is 0.833 bits per heavy atom. The predicted molar refractivity (Wildman–Crippen MR) is 2.06 cm³/mol. The van der Waals surface area contributed by atoms with Crippen molar-refractivity contribution in [2.24, 2.45) is 0 Å². The van der Waals surface area contributed by atoms with Crippen molar-refractivity contribution in [3.05, 3.63) is 0 Å². The fourth-order valence-corrected chi connectivity index (χ4v) is 0. The van der Waals surface area contributed by atoms with E-state index >= 15 is 0 Å². The second kappa shape index (κ2) is 11.2. The van der Waals surface area contributed by atoms with Crippen molar-refractivity contribution in [3.8, 4) is 0 Å². The van der Waals surface area contributed by atoms with Crippen molar-refractivity contribution in [1.82, 2.24) is 0 Å². The van der Waals surface area contributed by atoms with Gasteiger partial charge in [0, 0.05) is 0 Å². The van der Waals surface area contributed by atoms with Crippen LogP contribution in [0.3, 0.4) is 0 Å². The molecule has 0 aliphatic rings. The van der Waals surface area contributed by atoms with Crippen LogP contribution in [0.15, 0.2) is 0 Å². The van der Waals surface area contributed by atoms with Gasteiger partial charge in [-0.15, -0.1) is 0 Å². The van der Waals surface area contributed by atoms with E-state index in [4.69, 9.17) is 29.4 Å². The van der Waals surface area contributed by atoms with Crippen molar-refractivity contribution in [3.63, 3.8) is 0 Å². The fourth-order valence-electron chi connectivity index (χ4n) is 0. The van der Waals surface area contributed by atoms with E-state index in [2.05, 4.69) is 0 Å². The van der Waals surface area contributed by atoms with Crippen LogP contribution in [0.4, 0.5) is 0 Å². The molecule has 64 valence electrons. The molecule has 0 aliphatic carbocycles. The maximum atomic E-state index is 8.62. The van der Waals surface area contributed by atoms with Crippen molar-refractivity contribution in [2.45, 2.75) is 0 Å². The summed E-state index contributed by atoms with van der Waals surface area (Å²) in [7, 11) is 0. The molecule has 0 saturated heterocycles. The second-order valence-corrected chi connectivity index (χ2v) is 4.09. The monoisotopic (exact) mass is 388 g/mol. The van der Waals surface area contributed by atoms with E-state index in [9.17, 15) is 0 Å². The van der Waals surface area contributed by atoms with E-state index < -0.39 is 33.1 Å². The first-order chi connectivity index (χ1) is 4.00. The van der Waals surface area contributed by atoms with Crippen LogP contribution >= 0.6 is 0 Å². The summed E-state index contributed by atoms with van der Waals surface area (Å²) in [6.07, 6.45) is 0. The Labute approximate surface area is 160 Å². The van der Waals surface area contributed by atoms with Crippen molar-refractivity contribution >= 4 is 0 Å². The third kappa shape index (κ3) is 160. The molecule has 0 atom stereocenters. The van der Waals surface area contributed by atoms with Crippen LogP contribution in [0.2, 0.25) is 0 Å². The van der Waals surface area contributed by atoms with Crippen LogP contribution in [0, 0.1) is 0 Å². The summed E-state index contributed by atoms with van der Waals surface area (Å²) < 4.78 is 68.8. The molecule has 12 heteroatoms. The Morgan fingerprint density at radius 2 is 0.833 bits per heavy atom. The molecular formula is IK2MnO8. The molecule has 0 amide bonds. The van der Waals surface area contributed by atoms with E-state index in [0.29, 0.717) is 0 Å². The van der Waals surface area contributed by atoms with E-state index in [-0.39, 0.29) is 103 Å². The molecule has 0 fully saturated rings. The molecule has 0 radical (unpaired) electrons. The van der Waals surface area contributed by atoms with Gasteiger partial charge in [-0.2, -0.15) is 0 Å². The number of rotatable bonds is 0. The van der Waals surface area contributed by atoms with Crippen molar-refractivity contribution in [1.29, 1.82) is 0 Å². The van der Waals surface area contributed by atoms with E-state index in [0.717, 1.165) is 0 Å². The third-order valence-electron chi connectivity index (χ3n) is 0. The maximum absolute atomic E-state index is 8.62. The Morgan fingerprint density at radius 1 is 0.833 bits per heavy atom. The van der Waals surface area contributed by atoms with Crippen LogP contribution in [-0.4, -0.2) is 0 Å². The SMILES string of the molecule is [K+].[K+].[O-][I+3]([O-])([O-])[O-].[O]=[Mn](=[O])(=[O])[O-]. The Hall–Kier alpha value is 3.72. The van der Waals surface area contributed by atoms with E-state index in [1.54, 1.807) is 0 Å². The Balaban J connectivity index is -0.0000000457. The van der Waals surface area contributed by atoms with Gasteiger partial charge in [-0.25, -0.2) is 0 Å². The first kappa shape index (κ1) is 24.8. The van der Waals surface area contributed by atoms with Gasteiger partial charge in [-0.1, -0.05) is 0 Å². The van der Waals surface area contributed by atoms with Gasteiger partial charge in [0.2, 0.25) is 0 Å². The average Bonchev–Trinajstić information content (AvgIpc) is 1.12. The second-order valence-electron chi connectivity index (χ2n) is 0.756. The first-order valence-corrected chi connectivity index (χ1v) is 6.69. The molecule has 0 saturated carbocycles. The molecule has 12 heavy (non-hydrogen) atoms. The molecule has 0 bridgehead atoms. The summed E-state index contributed by atoms with van der Waals surface area (Å²) in [5.41, 5.74) is 0.